The molecule has 1 saturated heterocycles. The van der Waals surface area contributed by atoms with Crippen LogP contribution in [0.5, 0.6) is 0 Å². The third-order valence-corrected chi connectivity index (χ3v) is 6.29. The van der Waals surface area contributed by atoms with Crippen LogP contribution in [0.1, 0.15) is 35.1 Å². The first-order valence-electron chi connectivity index (χ1n) is 10.4. The van der Waals surface area contributed by atoms with Crippen LogP contribution < -0.4 is 15.5 Å². The van der Waals surface area contributed by atoms with Crippen LogP contribution in [-0.4, -0.2) is 41.0 Å². The van der Waals surface area contributed by atoms with Gasteiger partial charge in [-0.2, -0.15) is 0 Å². The number of amides is 1. The number of benzene rings is 1. The third-order valence-electron chi connectivity index (χ3n) is 5.39. The number of carbonyl (C=O) groups excluding carboxylic acids is 1. The van der Waals surface area contributed by atoms with Crippen LogP contribution in [0, 0.1) is 0 Å². The van der Waals surface area contributed by atoms with Crippen LogP contribution >= 0.6 is 11.3 Å². The molecule has 3 aromatic rings. The number of piperidine rings is 1. The van der Waals surface area contributed by atoms with E-state index in [2.05, 4.69) is 62.1 Å². The predicted molar refractivity (Wildman–Crippen MR) is 122 cm³/mol. The summed E-state index contributed by atoms with van der Waals surface area (Å²) < 4.78 is 0. The van der Waals surface area contributed by atoms with Crippen molar-refractivity contribution in [1.82, 2.24) is 15.3 Å². The Bertz CT molecular complexity index is 922. The minimum atomic E-state index is -0.251. The molecule has 0 radical (unpaired) electrons. The monoisotopic (exact) mass is 421 g/mol. The summed E-state index contributed by atoms with van der Waals surface area (Å²) in [5.74, 6) is -0.251. The number of hydrogen-bond acceptors (Lipinski definition) is 6. The van der Waals surface area contributed by atoms with E-state index >= 15 is 0 Å². The summed E-state index contributed by atoms with van der Waals surface area (Å²) >= 11 is 1.83. The molecule has 2 aromatic heterocycles. The van der Waals surface area contributed by atoms with Gasteiger partial charge in [0, 0.05) is 53.8 Å². The van der Waals surface area contributed by atoms with Crippen molar-refractivity contribution in [3.8, 4) is 0 Å². The van der Waals surface area contributed by atoms with Crippen molar-refractivity contribution in [2.24, 2.45) is 0 Å². The molecule has 1 aliphatic heterocycles. The van der Waals surface area contributed by atoms with Gasteiger partial charge in [0.2, 0.25) is 0 Å². The molecule has 1 atom stereocenters. The highest BCUT2D eigenvalue weighted by Gasteiger charge is 2.21. The van der Waals surface area contributed by atoms with Gasteiger partial charge in [-0.1, -0.05) is 6.07 Å². The first-order chi connectivity index (χ1) is 14.7. The second-order valence-electron chi connectivity index (χ2n) is 7.70. The van der Waals surface area contributed by atoms with Crippen LogP contribution in [0.2, 0.25) is 0 Å². The summed E-state index contributed by atoms with van der Waals surface area (Å²) in [6, 6.07) is 13.4. The van der Waals surface area contributed by atoms with E-state index in [1.54, 1.807) is 6.20 Å². The van der Waals surface area contributed by atoms with Gasteiger partial charge in [-0.3, -0.25) is 9.78 Å². The number of aromatic nitrogens is 2. The molecule has 2 N–H and O–H groups in total. The molecule has 1 aliphatic rings. The van der Waals surface area contributed by atoms with E-state index in [9.17, 15) is 4.79 Å². The lowest BCUT2D eigenvalue weighted by Crippen LogP contribution is -2.46. The quantitative estimate of drug-likeness (QED) is 0.604. The van der Waals surface area contributed by atoms with E-state index in [1.807, 2.05) is 23.5 Å². The Morgan fingerprint density at radius 3 is 2.67 bits per heavy atom. The Labute approximate surface area is 181 Å². The van der Waals surface area contributed by atoms with Crippen molar-refractivity contribution in [1.29, 1.82) is 0 Å². The molecule has 0 aliphatic carbocycles. The number of carbonyl (C=O) groups is 1. The largest absolute Gasteiger partial charge is 0.371 e. The molecule has 1 aromatic carbocycles. The van der Waals surface area contributed by atoms with Gasteiger partial charge in [0.15, 0.2) is 0 Å². The van der Waals surface area contributed by atoms with Gasteiger partial charge in [0.1, 0.15) is 5.69 Å². The Kier molecular flexibility index (Phi) is 6.71. The summed E-state index contributed by atoms with van der Waals surface area (Å²) in [6.07, 6.45) is 7.90. The van der Waals surface area contributed by atoms with E-state index in [4.69, 9.17) is 0 Å². The van der Waals surface area contributed by atoms with Gasteiger partial charge in [-0.15, -0.1) is 11.3 Å². The smallest absolute Gasteiger partial charge is 0.275 e. The molecule has 156 valence electrons. The fourth-order valence-corrected chi connectivity index (χ4v) is 4.70. The minimum absolute atomic E-state index is 0.251. The average Bonchev–Trinajstić information content (AvgIpc) is 3.28. The summed E-state index contributed by atoms with van der Waals surface area (Å²) in [7, 11) is 0. The first kappa shape index (κ1) is 20.5. The van der Waals surface area contributed by atoms with Crippen LogP contribution in [0.25, 0.3) is 0 Å². The molecule has 1 fully saturated rings. The van der Waals surface area contributed by atoms with E-state index in [0.717, 1.165) is 38.0 Å². The molecule has 1 amide bonds. The zero-order valence-corrected chi connectivity index (χ0v) is 17.9. The van der Waals surface area contributed by atoms with E-state index in [-0.39, 0.29) is 5.91 Å². The number of nitrogens with zero attached hydrogens (tertiary/aromatic N) is 3. The standard InChI is InChI=1S/C23H27N5OS/c1-17(15-21-3-2-14-30-21)26-19-8-12-28(13-9-19)20-6-4-18(5-7-20)27-23(29)22-16-24-10-11-25-22/h2-7,10-11,14,16-17,19,26H,8-9,12-13,15H2,1H3,(H,27,29)/t17-/m0/s1. The summed E-state index contributed by atoms with van der Waals surface area (Å²) in [4.78, 5) is 24.0. The minimum Gasteiger partial charge on any atom is -0.371 e. The maximum Gasteiger partial charge on any atom is 0.275 e. The molecule has 0 bridgehead atoms. The molecule has 0 unspecified atom stereocenters. The molecule has 7 heteroatoms. The zero-order chi connectivity index (χ0) is 20.8. The van der Waals surface area contributed by atoms with Crippen LogP contribution in [-0.2, 0) is 6.42 Å². The Hall–Kier alpha value is -2.77. The third kappa shape index (κ3) is 5.43. The SMILES string of the molecule is C[C@@H](Cc1cccs1)NC1CCN(c2ccc(NC(=O)c3cnccn3)cc2)CC1. The maximum absolute atomic E-state index is 12.2. The van der Waals surface area contributed by atoms with Crippen molar-refractivity contribution < 1.29 is 4.79 Å². The molecule has 3 heterocycles. The molecule has 6 nitrogen and oxygen atoms in total. The van der Waals surface area contributed by atoms with Gasteiger partial charge in [0.05, 0.1) is 6.20 Å². The number of rotatable bonds is 7. The maximum atomic E-state index is 12.2. The number of anilines is 2. The lowest BCUT2D eigenvalue weighted by molar-refractivity contribution is 0.102. The Morgan fingerprint density at radius 2 is 2.00 bits per heavy atom. The van der Waals surface area contributed by atoms with Gasteiger partial charge in [-0.05, 0) is 61.9 Å². The lowest BCUT2D eigenvalue weighted by atomic mass is 10.0. The Morgan fingerprint density at radius 1 is 1.20 bits per heavy atom. The van der Waals surface area contributed by atoms with E-state index in [1.165, 1.54) is 23.0 Å². The van der Waals surface area contributed by atoms with Gasteiger partial charge in [-0.25, -0.2) is 4.98 Å². The molecule has 4 rings (SSSR count). The van der Waals surface area contributed by atoms with Crippen LogP contribution in [0.15, 0.2) is 60.4 Å². The highest BCUT2D eigenvalue weighted by molar-refractivity contribution is 7.09. The molecular formula is C23H27N5OS. The molecular weight excluding hydrogens is 394 g/mol. The number of hydrogen-bond donors (Lipinski definition) is 2. The summed E-state index contributed by atoms with van der Waals surface area (Å²) in [5.41, 5.74) is 2.26. The van der Waals surface area contributed by atoms with Gasteiger partial charge >= 0.3 is 0 Å². The predicted octanol–water partition coefficient (Wildman–Crippen LogP) is 3.98. The van der Waals surface area contributed by atoms with Crippen molar-refractivity contribution >= 4 is 28.6 Å². The van der Waals surface area contributed by atoms with Crippen molar-refractivity contribution in [3.05, 3.63) is 70.9 Å². The van der Waals surface area contributed by atoms with Crippen molar-refractivity contribution in [2.45, 2.75) is 38.3 Å². The van der Waals surface area contributed by atoms with Crippen molar-refractivity contribution in [3.63, 3.8) is 0 Å². The van der Waals surface area contributed by atoms with E-state index in [0.29, 0.717) is 17.8 Å². The Balaban J connectivity index is 1.25. The van der Waals surface area contributed by atoms with E-state index < -0.39 is 0 Å². The van der Waals surface area contributed by atoms with Gasteiger partial charge < -0.3 is 15.5 Å². The lowest BCUT2D eigenvalue weighted by Gasteiger charge is -2.35. The highest BCUT2D eigenvalue weighted by Crippen LogP contribution is 2.23. The number of thiophene rings is 1. The molecule has 30 heavy (non-hydrogen) atoms. The van der Waals surface area contributed by atoms with Crippen molar-refractivity contribution in [2.75, 3.05) is 23.3 Å². The fourth-order valence-electron chi connectivity index (χ4n) is 3.86. The first-order valence-corrected chi connectivity index (χ1v) is 11.3. The zero-order valence-electron chi connectivity index (χ0n) is 17.1. The van der Waals surface area contributed by atoms with Crippen LogP contribution in [0.4, 0.5) is 11.4 Å². The average molecular weight is 422 g/mol. The highest BCUT2D eigenvalue weighted by atomic mass is 32.1. The topological polar surface area (TPSA) is 70.2 Å². The number of nitrogens with one attached hydrogen (secondary N) is 2. The van der Waals surface area contributed by atoms with Gasteiger partial charge in [0.25, 0.3) is 5.91 Å². The second kappa shape index (κ2) is 9.82. The summed E-state index contributed by atoms with van der Waals surface area (Å²) in [5, 5.41) is 8.81. The molecule has 0 saturated carbocycles. The second-order valence-corrected chi connectivity index (χ2v) is 8.74. The van der Waals surface area contributed by atoms with Crippen LogP contribution in [0.3, 0.4) is 0 Å². The normalized spacial score (nSPS) is 15.7. The fraction of sp³-hybridized carbons (Fsp3) is 0.348. The summed E-state index contributed by atoms with van der Waals surface area (Å²) in [6.45, 7) is 4.35. The molecule has 0 spiro atoms.